The predicted molar refractivity (Wildman–Crippen MR) is 126 cm³/mol. The van der Waals surface area contributed by atoms with Gasteiger partial charge >= 0.3 is 0 Å². The molecule has 4 rings (SSSR count). The first kappa shape index (κ1) is 23.6. The van der Waals surface area contributed by atoms with E-state index in [4.69, 9.17) is 11.6 Å². The number of phenols is 1. The van der Waals surface area contributed by atoms with Crippen molar-refractivity contribution in [3.05, 3.63) is 77.6 Å². The standard InChI is InChI=1S/C24H25ClFN3O3S/c1-33(31,32)29-17-8-10-24(14-17,23-27-11-9-18(15-25)28-23)13-16-6-7-21(26)20(12-16)19-4-2-3-5-22(19)30/h2-7,9,11-12,17,29-30H,8,10,13-15H2,1H3/t17-,24+/m0/s1. The average Bonchev–Trinajstić information content (AvgIpc) is 3.17. The Bertz CT molecular complexity index is 1270. The summed E-state index contributed by atoms with van der Waals surface area (Å²) in [6.45, 7) is 0. The quantitative estimate of drug-likeness (QED) is 0.482. The number of alkyl halides is 1. The van der Waals surface area contributed by atoms with Gasteiger partial charge in [0.2, 0.25) is 10.0 Å². The van der Waals surface area contributed by atoms with Crippen LogP contribution in [0, 0.1) is 5.82 Å². The second-order valence-electron chi connectivity index (χ2n) is 8.62. The molecule has 2 aromatic carbocycles. The molecule has 9 heteroatoms. The van der Waals surface area contributed by atoms with Gasteiger partial charge in [0.1, 0.15) is 17.4 Å². The summed E-state index contributed by atoms with van der Waals surface area (Å²) >= 11 is 6.00. The molecule has 1 saturated carbocycles. The molecular formula is C24H25ClFN3O3S. The number of hydrogen-bond acceptors (Lipinski definition) is 5. The summed E-state index contributed by atoms with van der Waals surface area (Å²) < 4.78 is 41.1. The number of rotatable bonds is 7. The molecule has 33 heavy (non-hydrogen) atoms. The normalized spacial score (nSPS) is 20.8. The van der Waals surface area contributed by atoms with Crippen LogP contribution in [0.25, 0.3) is 11.1 Å². The Kier molecular flexibility index (Phi) is 6.70. The van der Waals surface area contributed by atoms with Gasteiger partial charge in [-0.15, -0.1) is 11.6 Å². The van der Waals surface area contributed by atoms with Gasteiger partial charge in [-0.2, -0.15) is 0 Å². The smallest absolute Gasteiger partial charge is 0.208 e. The van der Waals surface area contributed by atoms with Crippen molar-refractivity contribution in [2.75, 3.05) is 6.26 Å². The van der Waals surface area contributed by atoms with E-state index in [1.54, 1.807) is 42.6 Å². The maximum Gasteiger partial charge on any atom is 0.208 e. The van der Waals surface area contributed by atoms with Crippen LogP contribution in [0.2, 0.25) is 0 Å². The molecule has 2 atom stereocenters. The van der Waals surface area contributed by atoms with E-state index < -0.39 is 21.3 Å². The Morgan fingerprint density at radius 2 is 2.00 bits per heavy atom. The number of hydrogen-bond donors (Lipinski definition) is 2. The van der Waals surface area contributed by atoms with Crippen LogP contribution in [0.1, 0.15) is 36.3 Å². The van der Waals surface area contributed by atoms with Gasteiger partial charge in [-0.3, -0.25) is 0 Å². The SMILES string of the molecule is CS(=O)(=O)N[C@H]1CC[C@](Cc2ccc(F)c(-c3ccccc3O)c2)(c2nccc(CCl)n2)C1. The molecule has 6 nitrogen and oxygen atoms in total. The fourth-order valence-electron chi connectivity index (χ4n) is 4.68. The number of sulfonamides is 1. The van der Waals surface area contributed by atoms with E-state index in [2.05, 4.69) is 14.7 Å². The number of aromatic hydroxyl groups is 1. The maximum absolute atomic E-state index is 14.7. The van der Waals surface area contributed by atoms with E-state index in [9.17, 15) is 17.9 Å². The molecule has 1 heterocycles. The topological polar surface area (TPSA) is 92.2 Å². The third-order valence-corrected chi connectivity index (χ3v) is 7.12. The molecule has 174 valence electrons. The molecule has 1 aliphatic carbocycles. The average molecular weight is 490 g/mol. The largest absolute Gasteiger partial charge is 0.507 e. The van der Waals surface area contributed by atoms with Gasteiger partial charge in [-0.1, -0.05) is 24.3 Å². The molecule has 0 saturated heterocycles. The first-order valence-electron chi connectivity index (χ1n) is 10.6. The van der Waals surface area contributed by atoms with Crippen molar-refractivity contribution >= 4 is 21.6 Å². The lowest BCUT2D eigenvalue weighted by Gasteiger charge is -2.29. The van der Waals surface area contributed by atoms with Gasteiger partial charge in [-0.25, -0.2) is 27.5 Å². The van der Waals surface area contributed by atoms with Gasteiger partial charge in [-0.05, 0) is 55.5 Å². The lowest BCUT2D eigenvalue weighted by molar-refractivity contribution is 0.398. The van der Waals surface area contributed by atoms with Gasteiger partial charge in [0.15, 0.2) is 0 Å². The number of phenolic OH excluding ortho intramolecular Hbond substituents is 1. The van der Waals surface area contributed by atoms with Crippen molar-refractivity contribution in [1.82, 2.24) is 14.7 Å². The van der Waals surface area contributed by atoms with Crippen molar-refractivity contribution in [2.24, 2.45) is 0 Å². The van der Waals surface area contributed by atoms with E-state index >= 15 is 0 Å². The highest BCUT2D eigenvalue weighted by molar-refractivity contribution is 7.88. The van der Waals surface area contributed by atoms with Gasteiger partial charge in [0.05, 0.1) is 17.8 Å². The minimum atomic E-state index is -3.37. The third kappa shape index (κ3) is 5.34. The summed E-state index contributed by atoms with van der Waals surface area (Å²) in [5, 5.41) is 10.2. The molecule has 3 aromatic rings. The number of nitrogens with zero attached hydrogens (tertiary/aromatic N) is 2. The van der Waals surface area contributed by atoms with E-state index in [1.807, 2.05) is 0 Å². The Morgan fingerprint density at radius 1 is 1.21 bits per heavy atom. The Balaban J connectivity index is 1.74. The molecule has 1 fully saturated rings. The first-order valence-corrected chi connectivity index (χ1v) is 13.0. The summed E-state index contributed by atoms with van der Waals surface area (Å²) in [6.07, 6.45) is 5.11. The lowest BCUT2D eigenvalue weighted by Crippen LogP contribution is -2.35. The van der Waals surface area contributed by atoms with Gasteiger partial charge in [0, 0.05) is 28.8 Å². The highest BCUT2D eigenvalue weighted by atomic mass is 35.5. The highest BCUT2D eigenvalue weighted by Crippen LogP contribution is 2.43. The molecule has 0 bridgehead atoms. The summed E-state index contributed by atoms with van der Waals surface area (Å²) in [7, 11) is -3.37. The van der Waals surface area contributed by atoms with Gasteiger partial charge in [0.25, 0.3) is 0 Å². The molecule has 2 N–H and O–H groups in total. The Hall–Kier alpha value is -2.55. The van der Waals surface area contributed by atoms with Gasteiger partial charge < -0.3 is 5.11 Å². The molecule has 0 amide bonds. The number of para-hydroxylation sites is 1. The van der Waals surface area contributed by atoms with Crippen LogP contribution in [0.5, 0.6) is 5.75 Å². The predicted octanol–water partition coefficient (Wildman–Crippen LogP) is 4.31. The van der Waals surface area contributed by atoms with E-state index in [1.165, 1.54) is 12.1 Å². The zero-order chi connectivity index (χ0) is 23.6. The molecule has 0 radical (unpaired) electrons. The van der Waals surface area contributed by atoms with Crippen molar-refractivity contribution in [1.29, 1.82) is 0 Å². The fourth-order valence-corrected chi connectivity index (χ4v) is 5.63. The summed E-state index contributed by atoms with van der Waals surface area (Å²) in [5.74, 6) is 0.411. The molecule has 0 unspecified atom stereocenters. The minimum Gasteiger partial charge on any atom is -0.507 e. The maximum atomic E-state index is 14.7. The van der Waals surface area contributed by atoms with Crippen LogP contribution in [0.15, 0.2) is 54.7 Å². The van der Waals surface area contributed by atoms with Crippen LogP contribution in [-0.2, 0) is 27.7 Å². The van der Waals surface area contributed by atoms with Crippen molar-refractivity contribution < 1.29 is 17.9 Å². The van der Waals surface area contributed by atoms with Crippen LogP contribution in [0.4, 0.5) is 4.39 Å². The van der Waals surface area contributed by atoms with Crippen LogP contribution in [0.3, 0.4) is 0 Å². The molecule has 1 aliphatic rings. The fraction of sp³-hybridized carbons (Fsp3) is 0.333. The molecule has 0 aliphatic heterocycles. The highest BCUT2D eigenvalue weighted by Gasteiger charge is 2.44. The monoisotopic (exact) mass is 489 g/mol. The summed E-state index contributed by atoms with van der Waals surface area (Å²) in [5.41, 5.74) is 1.71. The van der Waals surface area contributed by atoms with Crippen molar-refractivity contribution in [2.45, 2.75) is 43.0 Å². The Morgan fingerprint density at radius 3 is 2.73 bits per heavy atom. The van der Waals surface area contributed by atoms with Crippen LogP contribution in [-0.4, -0.2) is 35.8 Å². The number of aromatic nitrogens is 2. The number of nitrogens with one attached hydrogen (secondary N) is 1. The molecular weight excluding hydrogens is 465 g/mol. The lowest BCUT2D eigenvalue weighted by atomic mass is 9.78. The molecule has 1 aromatic heterocycles. The summed E-state index contributed by atoms with van der Waals surface area (Å²) in [4.78, 5) is 9.17. The zero-order valence-electron chi connectivity index (χ0n) is 18.1. The van der Waals surface area contributed by atoms with E-state index in [-0.39, 0.29) is 17.7 Å². The van der Waals surface area contributed by atoms with Crippen LogP contribution >= 0.6 is 11.6 Å². The zero-order valence-corrected chi connectivity index (χ0v) is 19.7. The Labute approximate surface area is 197 Å². The van der Waals surface area contributed by atoms with Crippen molar-refractivity contribution in [3.8, 4) is 16.9 Å². The van der Waals surface area contributed by atoms with Crippen molar-refractivity contribution in [3.63, 3.8) is 0 Å². The van der Waals surface area contributed by atoms with E-state index in [0.717, 1.165) is 11.8 Å². The second-order valence-corrected chi connectivity index (χ2v) is 10.7. The third-order valence-electron chi connectivity index (χ3n) is 6.08. The van der Waals surface area contributed by atoms with E-state index in [0.29, 0.717) is 48.3 Å². The number of benzene rings is 2. The van der Waals surface area contributed by atoms with Crippen LogP contribution < -0.4 is 4.72 Å². The minimum absolute atomic E-state index is 0.000284. The number of halogens is 2. The second kappa shape index (κ2) is 9.37. The first-order chi connectivity index (χ1) is 15.7. The molecule has 0 spiro atoms. The summed E-state index contributed by atoms with van der Waals surface area (Å²) in [6, 6.07) is 13.0.